The lowest BCUT2D eigenvalue weighted by Crippen LogP contribution is -2.27. The number of nitrogens with one attached hydrogen (secondary N) is 2. The third-order valence-corrected chi connectivity index (χ3v) is 5.37. The molecular weight excluding hydrogens is 392 g/mol. The van der Waals surface area contributed by atoms with Crippen LogP contribution in [0.15, 0.2) is 41.3 Å². The van der Waals surface area contributed by atoms with E-state index in [0.29, 0.717) is 41.5 Å². The third kappa shape index (κ3) is 4.83. The van der Waals surface area contributed by atoms with E-state index in [4.69, 9.17) is 14.2 Å². The second kappa shape index (κ2) is 9.67. The second-order valence-corrected chi connectivity index (χ2v) is 7.25. The van der Waals surface area contributed by atoms with Crippen molar-refractivity contribution in [2.45, 2.75) is 23.8 Å². The Morgan fingerprint density at radius 1 is 1.10 bits per heavy atom. The Bertz CT molecular complexity index is 897. The molecule has 0 bridgehead atoms. The van der Waals surface area contributed by atoms with Gasteiger partial charge in [0.2, 0.25) is 0 Å². The fraction of sp³-hybridized carbons (Fsp3) is 0.333. The minimum Gasteiger partial charge on any atom is -0.493 e. The van der Waals surface area contributed by atoms with E-state index in [1.54, 1.807) is 23.9 Å². The summed E-state index contributed by atoms with van der Waals surface area (Å²) in [5.74, 6) is 0.106. The number of ether oxygens (including phenoxy) is 3. The van der Waals surface area contributed by atoms with E-state index >= 15 is 0 Å². The fourth-order valence-electron chi connectivity index (χ4n) is 3.13. The molecule has 2 N–H and O–H groups in total. The van der Waals surface area contributed by atoms with E-state index in [0.717, 1.165) is 11.3 Å². The number of benzene rings is 2. The molecule has 2 amide bonds. The van der Waals surface area contributed by atoms with Gasteiger partial charge in [0.25, 0.3) is 11.8 Å². The number of carbonyl (C=O) groups excluding carboxylic acids is 2. The van der Waals surface area contributed by atoms with Crippen molar-refractivity contribution in [3.05, 3.63) is 42.0 Å². The summed E-state index contributed by atoms with van der Waals surface area (Å²) < 4.78 is 16.2. The van der Waals surface area contributed by atoms with Gasteiger partial charge in [0.1, 0.15) is 6.10 Å². The smallest absolute Gasteiger partial charge is 0.255 e. The van der Waals surface area contributed by atoms with Crippen LogP contribution in [0.5, 0.6) is 11.5 Å². The lowest BCUT2D eigenvalue weighted by Gasteiger charge is -2.17. The number of methoxy groups -OCH3 is 2. The summed E-state index contributed by atoms with van der Waals surface area (Å²) in [5.41, 5.74) is 1.40. The van der Waals surface area contributed by atoms with Crippen molar-refractivity contribution in [2.75, 3.05) is 37.7 Å². The van der Waals surface area contributed by atoms with Gasteiger partial charge in [-0.15, -0.1) is 11.8 Å². The molecule has 1 fully saturated rings. The number of thioether (sulfide) groups is 1. The summed E-state index contributed by atoms with van der Waals surface area (Å²) >= 11 is 1.54. The van der Waals surface area contributed by atoms with E-state index in [1.165, 1.54) is 14.2 Å². The first-order valence-corrected chi connectivity index (χ1v) is 10.4. The second-order valence-electron chi connectivity index (χ2n) is 6.40. The Kier molecular flexibility index (Phi) is 7.00. The van der Waals surface area contributed by atoms with Gasteiger partial charge < -0.3 is 24.8 Å². The molecule has 0 spiro atoms. The largest absolute Gasteiger partial charge is 0.493 e. The normalized spacial score (nSPS) is 15.6. The Hall–Kier alpha value is -2.71. The van der Waals surface area contributed by atoms with Crippen molar-refractivity contribution in [1.29, 1.82) is 0 Å². The molecule has 1 saturated heterocycles. The molecular formula is C21H24N2O5S. The van der Waals surface area contributed by atoms with Gasteiger partial charge in [0.15, 0.2) is 11.5 Å². The predicted octanol–water partition coefficient (Wildman–Crippen LogP) is 3.80. The minimum atomic E-state index is -0.503. The van der Waals surface area contributed by atoms with Crippen LogP contribution in [0.25, 0.3) is 0 Å². The van der Waals surface area contributed by atoms with Gasteiger partial charge in [-0.2, -0.15) is 0 Å². The average Bonchev–Trinajstić information content (AvgIpc) is 3.28. The molecule has 0 unspecified atom stereocenters. The van der Waals surface area contributed by atoms with Crippen molar-refractivity contribution >= 4 is 35.0 Å². The highest BCUT2D eigenvalue weighted by molar-refractivity contribution is 7.98. The molecule has 1 atom stereocenters. The number of para-hydroxylation sites is 1. The molecule has 1 aliphatic heterocycles. The maximum absolute atomic E-state index is 12.9. The molecule has 3 rings (SSSR count). The molecule has 7 nitrogen and oxygen atoms in total. The maximum atomic E-state index is 12.9. The van der Waals surface area contributed by atoms with Gasteiger partial charge in [-0.3, -0.25) is 9.59 Å². The molecule has 0 aliphatic carbocycles. The Balaban J connectivity index is 1.89. The van der Waals surface area contributed by atoms with Crippen LogP contribution in [-0.2, 0) is 9.53 Å². The molecule has 8 heteroatoms. The summed E-state index contributed by atoms with van der Waals surface area (Å²) in [6.07, 6.45) is 2.95. The highest BCUT2D eigenvalue weighted by Gasteiger charge is 2.26. The third-order valence-electron chi connectivity index (χ3n) is 4.58. The number of hydrogen-bond donors (Lipinski definition) is 2. The van der Waals surface area contributed by atoms with Crippen molar-refractivity contribution < 1.29 is 23.8 Å². The lowest BCUT2D eigenvalue weighted by atomic mass is 10.1. The number of amides is 2. The van der Waals surface area contributed by atoms with Crippen LogP contribution in [0.3, 0.4) is 0 Å². The van der Waals surface area contributed by atoms with Crippen LogP contribution in [0.2, 0.25) is 0 Å². The van der Waals surface area contributed by atoms with Gasteiger partial charge in [-0.1, -0.05) is 12.1 Å². The highest BCUT2D eigenvalue weighted by Crippen LogP contribution is 2.37. The van der Waals surface area contributed by atoms with Crippen LogP contribution in [0.4, 0.5) is 11.4 Å². The van der Waals surface area contributed by atoms with E-state index in [-0.39, 0.29) is 11.8 Å². The average molecular weight is 416 g/mol. The molecule has 1 heterocycles. The Morgan fingerprint density at radius 3 is 2.55 bits per heavy atom. The van der Waals surface area contributed by atoms with Gasteiger partial charge in [-0.05, 0) is 43.4 Å². The molecule has 2 aromatic rings. The van der Waals surface area contributed by atoms with Crippen molar-refractivity contribution in [3.63, 3.8) is 0 Å². The number of rotatable bonds is 7. The van der Waals surface area contributed by atoms with E-state index < -0.39 is 6.10 Å². The zero-order valence-corrected chi connectivity index (χ0v) is 17.4. The quantitative estimate of drug-likeness (QED) is 0.668. The van der Waals surface area contributed by atoms with Gasteiger partial charge in [0, 0.05) is 17.1 Å². The van der Waals surface area contributed by atoms with Crippen LogP contribution in [-0.4, -0.2) is 45.0 Å². The van der Waals surface area contributed by atoms with Crippen LogP contribution < -0.4 is 20.1 Å². The number of hydrogen-bond acceptors (Lipinski definition) is 6. The van der Waals surface area contributed by atoms with E-state index in [2.05, 4.69) is 10.6 Å². The van der Waals surface area contributed by atoms with Crippen LogP contribution in [0.1, 0.15) is 23.2 Å². The predicted molar refractivity (Wildman–Crippen MR) is 113 cm³/mol. The van der Waals surface area contributed by atoms with Crippen LogP contribution in [0, 0.1) is 0 Å². The first-order valence-electron chi connectivity index (χ1n) is 9.20. The van der Waals surface area contributed by atoms with Crippen LogP contribution >= 0.6 is 11.8 Å². The van der Waals surface area contributed by atoms with E-state index in [9.17, 15) is 9.59 Å². The Morgan fingerprint density at radius 2 is 1.90 bits per heavy atom. The fourth-order valence-corrected chi connectivity index (χ4v) is 3.68. The molecule has 0 aromatic heterocycles. The topological polar surface area (TPSA) is 85.9 Å². The maximum Gasteiger partial charge on any atom is 0.255 e. The molecule has 1 aliphatic rings. The lowest BCUT2D eigenvalue weighted by molar-refractivity contribution is -0.124. The van der Waals surface area contributed by atoms with Gasteiger partial charge in [-0.25, -0.2) is 0 Å². The zero-order valence-electron chi connectivity index (χ0n) is 16.6. The first kappa shape index (κ1) is 21.0. The van der Waals surface area contributed by atoms with E-state index in [1.807, 2.05) is 30.5 Å². The summed E-state index contributed by atoms with van der Waals surface area (Å²) in [4.78, 5) is 26.3. The number of anilines is 2. The van der Waals surface area contributed by atoms with Gasteiger partial charge >= 0.3 is 0 Å². The Labute approximate surface area is 174 Å². The highest BCUT2D eigenvalue weighted by atomic mass is 32.2. The van der Waals surface area contributed by atoms with Crippen molar-refractivity contribution in [2.24, 2.45) is 0 Å². The molecule has 154 valence electrons. The monoisotopic (exact) mass is 416 g/mol. The standard InChI is InChI=1S/C21H24N2O5S/c1-26-17-12-13(20(24)22-14-7-4-5-9-18(14)29-3)11-15(19(17)27-2)23-21(25)16-8-6-10-28-16/h4-5,7,9,11-12,16H,6,8,10H2,1-3H3,(H,22,24)(H,23,25)/t16-/m1/s1. The number of carbonyl (C=O) groups is 2. The molecule has 2 aromatic carbocycles. The molecule has 0 saturated carbocycles. The SMILES string of the molecule is COc1cc(C(=O)Nc2ccccc2SC)cc(NC(=O)[C@H]2CCCO2)c1OC. The van der Waals surface area contributed by atoms with Gasteiger partial charge in [0.05, 0.1) is 25.6 Å². The zero-order chi connectivity index (χ0) is 20.8. The summed E-state index contributed by atoms with van der Waals surface area (Å²) in [5, 5.41) is 5.72. The van der Waals surface area contributed by atoms with Crippen molar-refractivity contribution in [3.8, 4) is 11.5 Å². The first-order chi connectivity index (χ1) is 14.1. The minimum absolute atomic E-state index is 0.270. The summed E-state index contributed by atoms with van der Waals surface area (Å²) in [7, 11) is 2.96. The summed E-state index contributed by atoms with van der Waals surface area (Å²) in [6, 6.07) is 10.7. The van der Waals surface area contributed by atoms with Crippen molar-refractivity contribution in [1.82, 2.24) is 0 Å². The summed E-state index contributed by atoms with van der Waals surface area (Å²) in [6.45, 7) is 0.565. The molecule has 0 radical (unpaired) electrons. The molecule has 29 heavy (non-hydrogen) atoms.